The molecule has 3 nitrogen and oxygen atoms in total. The van der Waals surface area contributed by atoms with E-state index in [9.17, 15) is 4.79 Å². The third-order valence-corrected chi connectivity index (χ3v) is 5.42. The van der Waals surface area contributed by atoms with Gasteiger partial charge in [-0.05, 0) is 50.4 Å². The molecule has 0 saturated carbocycles. The van der Waals surface area contributed by atoms with Crippen LogP contribution in [0.25, 0.3) is 0 Å². The SMILES string of the molecule is CC1=CCC[C@H](C)[C@H]1CNC1CCN(C(=O)CC(C)C)CC1. The minimum Gasteiger partial charge on any atom is -0.343 e. The summed E-state index contributed by atoms with van der Waals surface area (Å²) in [5.74, 6) is 2.30. The molecule has 0 unspecified atom stereocenters. The van der Waals surface area contributed by atoms with Crippen molar-refractivity contribution in [1.82, 2.24) is 10.2 Å². The predicted molar refractivity (Wildman–Crippen MR) is 92.7 cm³/mol. The van der Waals surface area contributed by atoms with E-state index in [0.717, 1.165) is 38.4 Å². The lowest BCUT2D eigenvalue weighted by Crippen LogP contribution is -2.46. The molecular weight excluding hydrogens is 272 g/mol. The number of hydrogen-bond donors (Lipinski definition) is 1. The first kappa shape index (κ1) is 17.5. The average Bonchev–Trinajstić information content (AvgIpc) is 2.46. The molecule has 2 aliphatic rings. The highest BCUT2D eigenvalue weighted by molar-refractivity contribution is 5.76. The van der Waals surface area contributed by atoms with Crippen LogP contribution in [0.2, 0.25) is 0 Å². The van der Waals surface area contributed by atoms with E-state index in [-0.39, 0.29) is 0 Å². The zero-order chi connectivity index (χ0) is 16.1. The molecule has 2 atom stereocenters. The number of amides is 1. The van der Waals surface area contributed by atoms with Gasteiger partial charge in [-0.15, -0.1) is 0 Å². The van der Waals surface area contributed by atoms with Crippen LogP contribution < -0.4 is 5.32 Å². The maximum absolute atomic E-state index is 12.1. The highest BCUT2D eigenvalue weighted by atomic mass is 16.2. The molecule has 1 aliphatic heterocycles. The second-order valence-corrected chi connectivity index (χ2v) is 7.77. The molecule has 0 aromatic rings. The van der Waals surface area contributed by atoms with Gasteiger partial charge in [-0.3, -0.25) is 4.79 Å². The standard InChI is InChI=1S/C19H34N2O/c1-14(2)12-19(22)21-10-8-17(9-11-21)20-13-18-15(3)6-5-7-16(18)4/h6,14,16-18,20H,5,7-13H2,1-4H3/t16-,18-/m0/s1. The minimum atomic E-state index is 0.341. The molecule has 0 bridgehead atoms. The fourth-order valence-corrected chi connectivity index (χ4v) is 3.84. The van der Waals surface area contributed by atoms with Crippen LogP contribution >= 0.6 is 0 Å². The third kappa shape index (κ3) is 4.84. The first-order valence-electron chi connectivity index (χ1n) is 9.15. The van der Waals surface area contributed by atoms with Crippen LogP contribution in [0, 0.1) is 17.8 Å². The number of rotatable bonds is 5. The number of carbonyl (C=O) groups is 1. The molecule has 1 N–H and O–H groups in total. The molecule has 2 rings (SSSR count). The molecule has 0 radical (unpaired) electrons. The average molecular weight is 306 g/mol. The highest BCUT2D eigenvalue weighted by Crippen LogP contribution is 2.29. The van der Waals surface area contributed by atoms with E-state index in [2.05, 4.69) is 44.0 Å². The second kappa shape index (κ2) is 8.14. The zero-order valence-electron chi connectivity index (χ0n) is 14.9. The second-order valence-electron chi connectivity index (χ2n) is 7.77. The van der Waals surface area contributed by atoms with Crippen LogP contribution in [0.4, 0.5) is 0 Å². The Morgan fingerprint density at radius 1 is 1.32 bits per heavy atom. The van der Waals surface area contributed by atoms with Crippen molar-refractivity contribution < 1.29 is 4.79 Å². The van der Waals surface area contributed by atoms with Gasteiger partial charge in [0.2, 0.25) is 5.91 Å². The Labute approximate surface area is 136 Å². The van der Waals surface area contributed by atoms with E-state index < -0.39 is 0 Å². The van der Waals surface area contributed by atoms with Crippen LogP contribution in [-0.2, 0) is 4.79 Å². The summed E-state index contributed by atoms with van der Waals surface area (Å²) in [7, 11) is 0. The van der Waals surface area contributed by atoms with Gasteiger partial charge >= 0.3 is 0 Å². The van der Waals surface area contributed by atoms with Gasteiger partial charge in [0, 0.05) is 32.1 Å². The quantitative estimate of drug-likeness (QED) is 0.787. The summed E-state index contributed by atoms with van der Waals surface area (Å²) < 4.78 is 0. The Morgan fingerprint density at radius 2 is 2.00 bits per heavy atom. The monoisotopic (exact) mass is 306 g/mol. The number of likely N-dealkylation sites (tertiary alicyclic amines) is 1. The van der Waals surface area contributed by atoms with Crippen molar-refractivity contribution in [3.05, 3.63) is 11.6 Å². The van der Waals surface area contributed by atoms with Gasteiger partial charge < -0.3 is 10.2 Å². The van der Waals surface area contributed by atoms with Crippen molar-refractivity contribution in [3.8, 4) is 0 Å². The first-order chi connectivity index (χ1) is 10.5. The largest absolute Gasteiger partial charge is 0.343 e. The molecule has 0 aromatic heterocycles. The van der Waals surface area contributed by atoms with Crippen molar-refractivity contribution in [3.63, 3.8) is 0 Å². The number of hydrogen-bond acceptors (Lipinski definition) is 2. The van der Waals surface area contributed by atoms with Crippen LogP contribution in [0.15, 0.2) is 11.6 Å². The molecule has 126 valence electrons. The van der Waals surface area contributed by atoms with E-state index in [1.807, 2.05) is 0 Å². The van der Waals surface area contributed by atoms with Crippen LogP contribution in [0.1, 0.15) is 59.8 Å². The van der Waals surface area contributed by atoms with E-state index >= 15 is 0 Å². The lowest BCUT2D eigenvalue weighted by Gasteiger charge is -2.35. The van der Waals surface area contributed by atoms with Crippen molar-refractivity contribution in [2.45, 2.75) is 65.8 Å². The molecule has 1 aliphatic carbocycles. The van der Waals surface area contributed by atoms with Crippen molar-refractivity contribution in [2.24, 2.45) is 17.8 Å². The number of piperidine rings is 1. The normalized spacial score (nSPS) is 27.1. The Balaban J connectivity index is 1.72. The van der Waals surface area contributed by atoms with Crippen molar-refractivity contribution in [1.29, 1.82) is 0 Å². The minimum absolute atomic E-state index is 0.341. The molecule has 22 heavy (non-hydrogen) atoms. The lowest BCUT2D eigenvalue weighted by atomic mass is 9.80. The maximum Gasteiger partial charge on any atom is 0.222 e. The summed E-state index contributed by atoms with van der Waals surface area (Å²) in [6, 6.07) is 0.588. The summed E-state index contributed by atoms with van der Waals surface area (Å²) >= 11 is 0. The molecule has 1 saturated heterocycles. The fourth-order valence-electron chi connectivity index (χ4n) is 3.84. The van der Waals surface area contributed by atoms with Gasteiger partial charge in [0.25, 0.3) is 0 Å². The summed E-state index contributed by atoms with van der Waals surface area (Å²) in [6.45, 7) is 11.9. The number of allylic oxidation sites excluding steroid dienone is 1. The van der Waals surface area contributed by atoms with Crippen LogP contribution in [-0.4, -0.2) is 36.5 Å². The van der Waals surface area contributed by atoms with E-state index in [1.165, 1.54) is 12.8 Å². The first-order valence-corrected chi connectivity index (χ1v) is 9.15. The maximum atomic E-state index is 12.1. The molecule has 1 fully saturated rings. The molecule has 0 spiro atoms. The lowest BCUT2D eigenvalue weighted by molar-refractivity contribution is -0.133. The Morgan fingerprint density at radius 3 is 2.59 bits per heavy atom. The molecular formula is C19H34N2O. The summed E-state index contributed by atoms with van der Waals surface area (Å²) in [4.78, 5) is 14.2. The van der Waals surface area contributed by atoms with E-state index in [0.29, 0.717) is 30.2 Å². The number of carbonyl (C=O) groups excluding carboxylic acids is 1. The zero-order valence-corrected chi connectivity index (χ0v) is 14.9. The Hall–Kier alpha value is -0.830. The number of nitrogens with one attached hydrogen (secondary N) is 1. The van der Waals surface area contributed by atoms with Crippen LogP contribution in [0.5, 0.6) is 0 Å². The van der Waals surface area contributed by atoms with E-state index in [4.69, 9.17) is 0 Å². The smallest absolute Gasteiger partial charge is 0.222 e. The van der Waals surface area contributed by atoms with Gasteiger partial charge in [-0.2, -0.15) is 0 Å². The summed E-state index contributed by atoms with van der Waals surface area (Å²) in [5, 5.41) is 3.77. The summed E-state index contributed by atoms with van der Waals surface area (Å²) in [5.41, 5.74) is 1.57. The Kier molecular flexibility index (Phi) is 6.49. The molecule has 1 amide bonds. The van der Waals surface area contributed by atoms with Crippen LogP contribution in [0.3, 0.4) is 0 Å². The topological polar surface area (TPSA) is 32.3 Å². The number of nitrogens with zero attached hydrogens (tertiary/aromatic N) is 1. The fraction of sp³-hybridized carbons (Fsp3) is 0.842. The van der Waals surface area contributed by atoms with Crippen molar-refractivity contribution in [2.75, 3.05) is 19.6 Å². The highest BCUT2D eigenvalue weighted by Gasteiger charge is 2.26. The Bertz CT molecular complexity index is 394. The summed E-state index contributed by atoms with van der Waals surface area (Å²) in [6.07, 6.45) is 7.90. The molecule has 0 aromatic carbocycles. The van der Waals surface area contributed by atoms with E-state index in [1.54, 1.807) is 5.57 Å². The molecule has 1 heterocycles. The van der Waals surface area contributed by atoms with Gasteiger partial charge in [0.05, 0.1) is 0 Å². The predicted octanol–water partition coefficient (Wildman–Crippen LogP) is 3.61. The van der Waals surface area contributed by atoms with Gasteiger partial charge in [-0.1, -0.05) is 32.4 Å². The van der Waals surface area contributed by atoms with Gasteiger partial charge in [-0.25, -0.2) is 0 Å². The van der Waals surface area contributed by atoms with Gasteiger partial charge in [0.15, 0.2) is 0 Å². The third-order valence-electron chi connectivity index (χ3n) is 5.42. The molecule has 3 heteroatoms. The van der Waals surface area contributed by atoms with Crippen molar-refractivity contribution >= 4 is 5.91 Å². The van der Waals surface area contributed by atoms with Gasteiger partial charge in [0.1, 0.15) is 0 Å².